The molecule has 0 spiro atoms. The van der Waals surface area contributed by atoms with E-state index in [9.17, 15) is 9.90 Å². The molecule has 1 fully saturated rings. The minimum atomic E-state index is -1.34. The highest BCUT2D eigenvalue weighted by Crippen LogP contribution is 2.51. The lowest BCUT2D eigenvalue weighted by Gasteiger charge is -2.11. The molecule has 2 aromatic carbocycles. The van der Waals surface area contributed by atoms with E-state index >= 15 is 8.78 Å². The molecule has 184 valence electrons. The lowest BCUT2D eigenvalue weighted by atomic mass is 10.2. The number of carboxylic acid groups (broad SMARTS) is 1. The maximum atomic E-state index is 15.5. The van der Waals surface area contributed by atoms with E-state index in [0.717, 1.165) is 43.1 Å². The van der Waals surface area contributed by atoms with Crippen LogP contribution < -0.4 is 0 Å². The number of benzene rings is 2. The average molecular weight is 526 g/mol. The number of unbranched alkanes of at least 4 members (excludes halogenated alkanes) is 2. The average Bonchev–Trinajstić information content (AvgIpc) is 3.50. The van der Waals surface area contributed by atoms with Crippen molar-refractivity contribution in [2.24, 2.45) is 0 Å². The number of rotatable bonds is 9. The summed E-state index contributed by atoms with van der Waals surface area (Å²) in [5.41, 5.74) is 1.43. The summed E-state index contributed by atoms with van der Waals surface area (Å²) in [6.07, 6.45) is 13.2. The van der Waals surface area contributed by atoms with Crippen LogP contribution in [-0.4, -0.2) is 25.4 Å². The first-order valence-corrected chi connectivity index (χ1v) is 12.8. The van der Waals surface area contributed by atoms with E-state index < -0.39 is 23.2 Å². The number of aromatic nitrogens is 3. The van der Waals surface area contributed by atoms with Crippen LogP contribution in [0.25, 0.3) is 16.6 Å². The van der Waals surface area contributed by atoms with Crippen LogP contribution in [0.5, 0.6) is 0 Å². The topological polar surface area (TPSA) is 60.0 Å². The second-order valence-corrected chi connectivity index (χ2v) is 10.2. The van der Waals surface area contributed by atoms with Crippen LogP contribution in [0.15, 0.2) is 52.5 Å². The highest BCUT2D eigenvalue weighted by atomic mass is 35.5. The summed E-state index contributed by atoms with van der Waals surface area (Å²) in [5.74, 6) is 0.0667. The minimum absolute atomic E-state index is 0.0131. The highest BCUT2D eigenvalue weighted by Gasteiger charge is 2.35. The van der Waals surface area contributed by atoms with Crippen molar-refractivity contribution >= 4 is 40.2 Å². The van der Waals surface area contributed by atoms with Gasteiger partial charge >= 0.3 is 5.97 Å². The molecule has 1 aliphatic rings. The second kappa shape index (κ2) is 10.00. The standard InChI is InChI=1S/C27H22ClF2N3O2S/c1-2-3-4-5-13-32-15-17(14-31-32)33-24(16-9-10-16)26(19-11-12-20(28)23(30)25(19)33)36-21-8-6-7-18(22(21)29)27(34)35/h1,6-8,11-12,14-16H,3-5,9-10,13H2,(H,34,35). The van der Waals surface area contributed by atoms with Crippen LogP contribution in [-0.2, 0) is 6.54 Å². The van der Waals surface area contributed by atoms with E-state index in [1.165, 1.54) is 24.3 Å². The van der Waals surface area contributed by atoms with E-state index in [4.69, 9.17) is 18.0 Å². The number of nitrogens with zero attached hydrogens (tertiary/aromatic N) is 3. The van der Waals surface area contributed by atoms with Gasteiger partial charge in [-0.2, -0.15) is 5.10 Å². The number of carboxylic acids is 1. The Labute approximate surface area is 216 Å². The molecule has 1 N–H and O–H groups in total. The van der Waals surface area contributed by atoms with E-state index in [-0.39, 0.29) is 15.8 Å². The van der Waals surface area contributed by atoms with Gasteiger partial charge in [0.2, 0.25) is 0 Å². The van der Waals surface area contributed by atoms with Crippen molar-refractivity contribution in [3.05, 3.63) is 70.6 Å². The van der Waals surface area contributed by atoms with Crippen LogP contribution >= 0.6 is 23.4 Å². The fourth-order valence-electron chi connectivity index (χ4n) is 4.36. The van der Waals surface area contributed by atoms with Gasteiger partial charge in [0.25, 0.3) is 0 Å². The summed E-state index contributed by atoms with van der Waals surface area (Å²) in [5, 5.41) is 14.4. The third-order valence-corrected chi connectivity index (χ3v) is 7.68. The molecule has 0 saturated heterocycles. The molecule has 5 rings (SSSR count). The zero-order valence-corrected chi connectivity index (χ0v) is 20.8. The summed E-state index contributed by atoms with van der Waals surface area (Å²) in [4.78, 5) is 12.3. The predicted octanol–water partition coefficient (Wildman–Crippen LogP) is 7.29. The Kier molecular flexibility index (Phi) is 6.78. The van der Waals surface area contributed by atoms with Crippen molar-refractivity contribution in [1.82, 2.24) is 14.3 Å². The lowest BCUT2D eigenvalue weighted by molar-refractivity contribution is 0.0691. The lowest BCUT2D eigenvalue weighted by Crippen LogP contribution is -2.02. The number of hydrogen-bond donors (Lipinski definition) is 1. The first-order valence-electron chi connectivity index (χ1n) is 11.6. The fraction of sp³-hybridized carbons (Fsp3) is 0.259. The number of terminal acetylenes is 1. The van der Waals surface area contributed by atoms with Crippen molar-refractivity contribution in [1.29, 1.82) is 0 Å². The van der Waals surface area contributed by atoms with Crippen LogP contribution in [0, 0.1) is 24.0 Å². The van der Waals surface area contributed by atoms with Gasteiger partial charge in [0.15, 0.2) is 11.6 Å². The van der Waals surface area contributed by atoms with Crippen molar-refractivity contribution in [3.8, 4) is 18.0 Å². The zero-order chi connectivity index (χ0) is 25.4. The molecule has 36 heavy (non-hydrogen) atoms. The summed E-state index contributed by atoms with van der Waals surface area (Å²) < 4.78 is 34.3. The fourth-order valence-corrected chi connectivity index (χ4v) is 5.71. The van der Waals surface area contributed by atoms with E-state index in [1.807, 2.05) is 10.8 Å². The van der Waals surface area contributed by atoms with Crippen molar-refractivity contribution in [3.63, 3.8) is 0 Å². The predicted molar refractivity (Wildman–Crippen MR) is 136 cm³/mol. The van der Waals surface area contributed by atoms with Gasteiger partial charge in [0.05, 0.1) is 28.0 Å². The molecule has 4 aromatic rings. The van der Waals surface area contributed by atoms with Gasteiger partial charge in [-0.1, -0.05) is 29.4 Å². The number of fused-ring (bicyclic) bond motifs is 1. The molecule has 0 radical (unpaired) electrons. The Morgan fingerprint density at radius 3 is 2.75 bits per heavy atom. The van der Waals surface area contributed by atoms with Gasteiger partial charge in [-0.25, -0.2) is 13.6 Å². The largest absolute Gasteiger partial charge is 0.478 e. The van der Waals surface area contributed by atoms with Crippen LogP contribution in [0.4, 0.5) is 8.78 Å². The number of aromatic carboxylic acids is 1. The molecule has 1 saturated carbocycles. The van der Waals surface area contributed by atoms with Crippen molar-refractivity contribution in [2.45, 2.75) is 54.4 Å². The second-order valence-electron chi connectivity index (χ2n) is 8.73. The summed E-state index contributed by atoms with van der Waals surface area (Å²) in [6.45, 7) is 0.678. The summed E-state index contributed by atoms with van der Waals surface area (Å²) in [7, 11) is 0. The van der Waals surface area contributed by atoms with Crippen molar-refractivity contribution in [2.75, 3.05) is 0 Å². The molecule has 0 unspecified atom stereocenters. The minimum Gasteiger partial charge on any atom is -0.478 e. The van der Waals surface area contributed by atoms with Crippen LogP contribution in [0.2, 0.25) is 5.02 Å². The monoisotopic (exact) mass is 525 g/mol. The molecule has 5 nitrogen and oxygen atoms in total. The van der Waals surface area contributed by atoms with Crippen molar-refractivity contribution < 1.29 is 18.7 Å². The Morgan fingerprint density at radius 1 is 1.22 bits per heavy atom. The third kappa shape index (κ3) is 4.49. The number of carbonyl (C=O) groups is 1. The van der Waals surface area contributed by atoms with E-state index in [1.54, 1.807) is 16.9 Å². The van der Waals surface area contributed by atoms with Gasteiger partial charge in [-0.05, 0) is 49.9 Å². The molecular weight excluding hydrogens is 504 g/mol. The molecule has 2 aromatic heterocycles. The molecule has 0 bridgehead atoms. The first-order chi connectivity index (χ1) is 17.4. The smallest absolute Gasteiger partial charge is 0.338 e. The summed E-state index contributed by atoms with van der Waals surface area (Å²) >= 11 is 7.30. The zero-order valence-electron chi connectivity index (χ0n) is 19.2. The Balaban J connectivity index is 1.66. The Morgan fingerprint density at radius 2 is 2.03 bits per heavy atom. The number of halogens is 3. The number of aryl methyl sites for hydroxylation is 1. The summed E-state index contributed by atoms with van der Waals surface area (Å²) in [6, 6.07) is 7.49. The maximum Gasteiger partial charge on any atom is 0.338 e. The highest BCUT2D eigenvalue weighted by molar-refractivity contribution is 7.99. The molecule has 0 atom stereocenters. The first kappa shape index (κ1) is 24.4. The Bertz CT molecular complexity index is 1520. The normalized spacial score (nSPS) is 13.3. The molecule has 2 heterocycles. The van der Waals surface area contributed by atoms with Gasteiger partial charge < -0.3 is 9.67 Å². The van der Waals surface area contributed by atoms with Crippen LogP contribution in [0.3, 0.4) is 0 Å². The third-order valence-electron chi connectivity index (χ3n) is 6.22. The van der Waals surface area contributed by atoms with Gasteiger partial charge in [-0.3, -0.25) is 4.68 Å². The Hall–Kier alpha value is -3.28. The van der Waals surface area contributed by atoms with E-state index in [0.29, 0.717) is 34.5 Å². The van der Waals surface area contributed by atoms with Gasteiger partial charge in [-0.15, -0.1) is 12.3 Å². The van der Waals surface area contributed by atoms with Crippen LogP contribution in [0.1, 0.15) is 54.1 Å². The van der Waals surface area contributed by atoms with Gasteiger partial charge in [0.1, 0.15) is 0 Å². The molecule has 9 heteroatoms. The quantitative estimate of drug-likeness (QED) is 0.184. The molecule has 1 aliphatic carbocycles. The molecular formula is C27H22ClF2N3O2S. The maximum absolute atomic E-state index is 15.5. The van der Waals surface area contributed by atoms with E-state index in [2.05, 4.69) is 11.0 Å². The number of hydrogen-bond acceptors (Lipinski definition) is 3. The molecule has 0 aliphatic heterocycles. The SMILES string of the molecule is C#CCCCCn1cc(-n2c(C3CC3)c(Sc3cccc(C(=O)O)c3F)c3ccc(Cl)c(F)c32)cn1. The molecule has 0 amide bonds. The van der Waals surface area contributed by atoms with Gasteiger partial charge in [0, 0.05) is 46.0 Å².